The van der Waals surface area contributed by atoms with E-state index >= 15 is 4.39 Å². The van der Waals surface area contributed by atoms with Crippen LogP contribution in [-0.2, 0) is 0 Å². The first-order valence-electron chi connectivity index (χ1n) is 10.9. The molecule has 1 amide bonds. The molecule has 1 aliphatic heterocycles. The highest BCUT2D eigenvalue weighted by molar-refractivity contribution is 6.06. The van der Waals surface area contributed by atoms with Crippen molar-refractivity contribution in [1.29, 1.82) is 0 Å². The summed E-state index contributed by atoms with van der Waals surface area (Å²) in [6, 6.07) is 6.34. The second-order valence-corrected chi connectivity index (χ2v) is 8.68. The largest absolute Gasteiger partial charge is 0.368 e. The quantitative estimate of drug-likeness (QED) is 0.522. The summed E-state index contributed by atoms with van der Waals surface area (Å²) in [4.78, 5) is 19.3. The number of nitrogens with zero attached hydrogens (tertiary/aromatic N) is 2. The van der Waals surface area contributed by atoms with Gasteiger partial charge in [-0.25, -0.2) is 17.6 Å². The number of piperidine rings is 1. The average molecular weight is 472 g/mol. The van der Waals surface area contributed by atoms with Gasteiger partial charge in [0.25, 0.3) is 5.91 Å². The van der Waals surface area contributed by atoms with E-state index in [-0.39, 0.29) is 6.04 Å². The summed E-state index contributed by atoms with van der Waals surface area (Å²) in [5.41, 5.74) is 5.50. The molecule has 4 rings (SSSR count). The summed E-state index contributed by atoms with van der Waals surface area (Å²) in [6.45, 7) is 5.16. The maximum atomic E-state index is 15.3. The molecule has 0 saturated carbocycles. The Morgan fingerprint density at radius 1 is 1.06 bits per heavy atom. The summed E-state index contributed by atoms with van der Waals surface area (Å²) >= 11 is 0. The van der Waals surface area contributed by atoms with Gasteiger partial charge in [0.2, 0.25) is 0 Å². The second kappa shape index (κ2) is 9.42. The number of hydrogen-bond acceptors (Lipinski definition) is 4. The van der Waals surface area contributed by atoms with Crippen LogP contribution in [0.25, 0.3) is 11.1 Å². The number of amides is 1. The smallest absolute Gasteiger partial charge is 0.258 e. The van der Waals surface area contributed by atoms with Crippen molar-refractivity contribution in [3.8, 4) is 11.1 Å². The molecule has 1 aliphatic rings. The number of carbonyl (C=O) groups excluding carboxylic acids is 1. The summed E-state index contributed by atoms with van der Waals surface area (Å²) < 4.78 is 58.2. The van der Waals surface area contributed by atoms with Crippen molar-refractivity contribution in [1.82, 2.24) is 4.98 Å². The molecule has 178 valence electrons. The van der Waals surface area contributed by atoms with Crippen LogP contribution in [0.3, 0.4) is 0 Å². The topological polar surface area (TPSA) is 71.2 Å². The Hall–Kier alpha value is -3.46. The van der Waals surface area contributed by atoms with Crippen molar-refractivity contribution in [2.75, 3.05) is 23.3 Å². The van der Waals surface area contributed by atoms with Crippen LogP contribution in [0.1, 0.15) is 29.4 Å². The van der Waals surface area contributed by atoms with Gasteiger partial charge in [-0.2, -0.15) is 0 Å². The lowest BCUT2D eigenvalue weighted by atomic mass is 9.96. The SMILES string of the molecule is Cc1cc(N2C[C@H](C)C[C@H](N)C2)c(NC(=O)c2ccc(F)c(-c3c(F)cccc3F)c2F)cn1. The standard InChI is InChI=1S/C25H24F4N4O/c1-13-8-15(30)12-33(11-13)21-9-14(2)31-10-20(21)32-25(34)16-6-7-19(28)23(24(16)29)22-17(26)4-3-5-18(22)27/h3-7,9-10,13,15H,8,11-12,30H2,1-2H3,(H,32,34)/t13-,15+/m1/s1. The molecule has 0 bridgehead atoms. The molecule has 5 nitrogen and oxygen atoms in total. The molecule has 0 aliphatic carbocycles. The molecule has 34 heavy (non-hydrogen) atoms. The van der Waals surface area contributed by atoms with E-state index in [0.717, 1.165) is 36.8 Å². The van der Waals surface area contributed by atoms with Crippen LogP contribution >= 0.6 is 0 Å². The zero-order chi connectivity index (χ0) is 24.6. The number of nitrogens with one attached hydrogen (secondary N) is 1. The summed E-state index contributed by atoms with van der Waals surface area (Å²) in [5.74, 6) is -5.42. The molecular weight excluding hydrogens is 448 g/mol. The van der Waals surface area contributed by atoms with Crippen LogP contribution in [0, 0.1) is 36.1 Å². The van der Waals surface area contributed by atoms with Gasteiger partial charge in [0.1, 0.15) is 23.3 Å². The van der Waals surface area contributed by atoms with E-state index in [1.54, 1.807) is 13.0 Å². The van der Waals surface area contributed by atoms with Crippen LogP contribution in [0.5, 0.6) is 0 Å². The average Bonchev–Trinajstić information content (AvgIpc) is 2.76. The van der Waals surface area contributed by atoms with Gasteiger partial charge >= 0.3 is 0 Å². The van der Waals surface area contributed by atoms with Gasteiger partial charge < -0.3 is 16.0 Å². The van der Waals surface area contributed by atoms with E-state index in [1.165, 1.54) is 6.20 Å². The molecule has 9 heteroatoms. The first kappa shape index (κ1) is 23.7. The number of halogens is 4. The van der Waals surface area contributed by atoms with Crippen molar-refractivity contribution in [2.45, 2.75) is 26.3 Å². The number of nitrogens with two attached hydrogens (primary N) is 1. The highest BCUT2D eigenvalue weighted by Gasteiger charge is 2.27. The van der Waals surface area contributed by atoms with Gasteiger partial charge in [0.05, 0.1) is 34.3 Å². The second-order valence-electron chi connectivity index (χ2n) is 8.68. The monoisotopic (exact) mass is 472 g/mol. The van der Waals surface area contributed by atoms with Crippen molar-refractivity contribution in [3.63, 3.8) is 0 Å². The third-order valence-electron chi connectivity index (χ3n) is 5.85. The Labute approximate surface area is 194 Å². The molecule has 3 N–H and O–H groups in total. The van der Waals surface area contributed by atoms with E-state index < -0.39 is 45.9 Å². The number of anilines is 2. The maximum absolute atomic E-state index is 15.3. The van der Waals surface area contributed by atoms with Gasteiger partial charge in [-0.05, 0) is 49.6 Å². The Kier molecular flexibility index (Phi) is 6.56. The highest BCUT2D eigenvalue weighted by Crippen LogP contribution is 2.34. The molecule has 0 spiro atoms. The summed E-state index contributed by atoms with van der Waals surface area (Å²) in [7, 11) is 0. The Morgan fingerprint density at radius 2 is 1.74 bits per heavy atom. The Morgan fingerprint density at radius 3 is 2.41 bits per heavy atom. The van der Waals surface area contributed by atoms with Crippen LogP contribution in [0.15, 0.2) is 42.6 Å². The Bertz CT molecular complexity index is 1220. The molecule has 2 heterocycles. The van der Waals surface area contributed by atoms with Crippen molar-refractivity contribution in [3.05, 3.63) is 77.1 Å². The zero-order valence-corrected chi connectivity index (χ0v) is 18.7. The van der Waals surface area contributed by atoms with Gasteiger partial charge in [-0.3, -0.25) is 9.78 Å². The number of rotatable bonds is 4. The zero-order valence-electron chi connectivity index (χ0n) is 18.7. The Balaban J connectivity index is 1.71. The molecule has 3 aromatic rings. The van der Waals surface area contributed by atoms with Crippen LogP contribution < -0.4 is 16.0 Å². The fourth-order valence-electron chi connectivity index (χ4n) is 4.38. The number of aromatic nitrogens is 1. The van der Waals surface area contributed by atoms with Gasteiger partial charge in [-0.15, -0.1) is 0 Å². The fourth-order valence-corrected chi connectivity index (χ4v) is 4.38. The highest BCUT2D eigenvalue weighted by atomic mass is 19.1. The number of carbonyl (C=O) groups is 1. The molecule has 0 unspecified atom stereocenters. The molecule has 0 radical (unpaired) electrons. The maximum Gasteiger partial charge on any atom is 0.258 e. The van der Waals surface area contributed by atoms with Crippen LogP contribution in [0.4, 0.5) is 28.9 Å². The molecule has 2 atom stereocenters. The van der Waals surface area contributed by atoms with Crippen LogP contribution in [0.2, 0.25) is 0 Å². The van der Waals surface area contributed by atoms with E-state index in [9.17, 15) is 18.0 Å². The van der Waals surface area contributed by atoms with Crippen molar-refractivity contribution < 1.29 is 22.4 Å². The first-order valence-corrected chi connectivity index (χ1v) is 10.9. The van der Waals surface area contributed by atoms with Crippen LogP contribution in [-0.4, -0.2) is 30.0 Å². The number of benzene rings is 2. The van der Waals surface area contributed by atoms with E-state index in [2.05, 4.69) is 17.2 Å². The molecule has 1 fully saturated rings. The predicted molar refractivity (Wildman–Crippen MR) is 123 cm³/mol. The number of aryl methyl sites for hydroxylation is 1. The minimum atomic E-state index is -1.36. The molecule has 1 aromatic heterocycles. The molecule has 1 saturated heterocycles. The lowest BCUT2D eigenvalue weighted by Crippen LogP contribution is -2.46. The third-order valence-corrected chi connectivity index (χ3v) is 5.85. The van der Waals surface area contributed by atoms with Gasteiger partial charge in [0, 0.05) is 24.8 Å². The minimum Gasteiger partial charge on any atom is -0.368 e. The van der Waals surface area contributed by atoms with Crippen molar-refractivity contribution in [2.24, 2.45) is 11.7 Å². The summed E-state index contributed by atoms with van der Waals surface area (Å²) in [5, 5.41) is 2.62. The fraction of sp³-hybridized carbons (Fsp3) is 0.280. The lowest BCUT2D eigenvalue weighted by molar-refractivity contribution is 0.102. The van der Waals surface area contributed by atoms with Gasteiger partial charge in [-0.1, -0.05) is 13.0 Å². The first-order chi connectivity index (χ1) is 16.2. The number of hydrogen-bond donors (Lipinski definition) is 2. The molecular formula is C25H24F4N4O. The minimum absolute atomic E-state index is 0.0476. The van der Waals surface area contributed by atoms with E-state index in [4.69, 9.17) is 5.73 Å². The predicted octanol–water partition coefficient (Wildman–Crippen LogP) is 5.04. The normalized spacial score (nSPS) is 18.1. The molecule has 2 aromatic carbocycles. The third kappa shape index (κ3) is 4.61. The van der Waals surface area contributed by atoms with Crippen molar-refractivity contribution >= 4 is 17.3 Å². The van der Waals surface area contributed by atoms with E-state index in [0.29, 0.717) is 36.1 Å². The summed E-state index contributed by atoms with van der Waals surface area (Å²) in [6.07, 6.45) is 2.32. The lowest BCUT2D eigenvalue weighted by Gasteiger charge is -2.37. The van der Waals surface area contributed by atoms with Gasteiger partial charge in [0.15, 0.2) is 0 Å². The number of pyridine rings is 1. The van der Waals surface area contributed by atoms with E-state index in [1.807, 2.05) is 4.90 Å².